The zero-order valence-electron chi connectivity index (χ0n) is 9.56. The molecule has 2 heterocycles. The van der Waals surface area contributed by atoms with Gasteiger partial charge >= 0.3 is 0 Å². The maximum Gasteiger partial charge on any atom is 0.130 e. The molecule has 1 aliphatic heterocycles. The highest BCUT2D eigenvalue weighted by Gasteiger charge is 2.23. The van der Waals surface area contributed by atoms with Crippen molar-refractivity contribution in [3.8, 4) is 6.07 Å². The summed E-state index contributed by atoms with van der Waals surface area (Å²) < 4.78 is 9.58. The van der Waals surface area contributed by atoms with E-state index in [0.29, 0.717) is 6.10 Å². The van der Waals surface area contributed by atoms with E-state index in [1.54, 1.807) is 7.11 Å². The van der Waals surface area contributed by atoms with E-state index in [4.69, 9.17) is 10.00 Å². The third-order valence-corrected chi connectivity index (χ3v) is 4.02. The van der Waals surface area contributed by atoms with Gasteiger partial charge in [-0.2, -0.15) is 9.64 Å². The molecule has 1 saturated heterocycles. The second kappa shape index (κ2) is 4.81. The van der Waals surface area contributed by atoms with Gasteiger partial charge in [0.1, 0.15) is 16.6 Å². The van der Waals surface area contributed by atoms with E-state index in [2.05, 4.69) is 15.3 Å². The van der Waals surface area contributed by atoms with Crippen LogP contribution in [-0.2, 0) is 4.74 Å². The molecule has 0 saturated carbocycles. The van der Waals surface area contributed by atoms with Crippen LogP contribution in [0, 0.1) is 18.3 Å². The van der Waals surface area contributed by atoms with Crippen LogP contribution < -0.4 is 4.90 Å². The van der Waals surface area contributed by atoms with Crippen molar-refractivity contribution in [1.29, 1.82) is 5.26 Å². The first-order valence-electron chi connectivity index (χ1n) is 5.40. The number of aryl methyl sites for hydroxylation is 1. The van der Waals surface area contributed by atoms with Gasteiger partial charge in [-0.05, 0) is 31.3 Å². The molecular weight excluding hydrogens is 222 g/mol. The lowest BCUT2D eigenvalue weighted by Gasteiger charge is -2.31. The number of methoxy groups -OCH3 is 1. The minimum absolute atomic E-state index is 0.371. The SMILES string of the molecule is COC1CCN(c2snc(C)c2C#N)CC1. The first-order chi connectivity index (χ1) is 7.76. The van der Waals surface area contributed by atoms with E-state index in [-0.39, 0.29) is 0 Å². The van der Waals surface area contributed by atoms with Gasteiger partial charge in [0.05, 0.1) is 11.8 Å². The number of hydrogen-bond acceptors (Lipinski definition) is 5. The lowest BCUT2D eigenvalue weighted by molar-refractivity contribution is 0.0820. The molecule has 0 N–H and O–H groups in total. The lowest BCUT2D eigenvalue weighted by atomic mass is 10.1. The van der Waals surface area contributed by atoms with Gasteiger partial charge in [0.15, 0.2) is 0 Å². The van der Waals surface area contributed by atoms with E-state index in [0.717, 1.165) is 42.2 Å². The van der Waals surface area contributed by atoms with Gasteiger partial charge in [-0.25, -0.2) is 0 Å². The molecule has 0 unspecified atom stereocenters. The number of ether oxygens (including phenoxy) is 1. The van der Waals surface area contributed by atoms with Crippen molar-refractivity contribution in [3.63, 3.8) is 0 Å². The number of nitrogens with zero attached hydrogens (tertiary/aromatic N) is 3. The minimum atomic E-state index is 0.371. The second-order valence-electron chi connectivity index (χ2n) is 3.98. The van der Waals surface area contributed by atoms with Gasteiger partial charge in [0, 0.05) is 20.2 Å². The Labute approximate surface area is 99.6 Å². The molecule has 1 aliphatic rings. The molecule has 0 aromatic carbocycles. The highest BCUT2D eigenvalue weighted by molar-refractivity contribution is 7.10. The van der Waals surface area contributed by atoms with Crippen molar-refractivity contribution in [1.82, 2.24) is 4.37 Å². The zero-order valence-corrected chi connectivity index (χ0v) is 10.4. The Hall–Kier alpha value is -1.12. The number of aromatic nitrogens is 1. The van der Waals surface area contributed by atoms with Gasteiger partial charge in [-0.15, -0.1) is 0 Å². The first kappa shape index (κ1) is 11.4. The van der Waals surface area contributed by atoms with Crippen LogP contribution in [0.5, 0.6) is 0 Å². The molecule has 4 nitrogen and oxygen atoms in total. The molecule has 0 aliphatic carbocycles. The maximum atomic E-state index is 9.08. The molecule has 86 valence electrons. The minimum Gasteiger partial charge on any atom is -0.381 e. The molecule has 1 fully saturated rings. The predicted octanol–water partition coefficient (Wildman–Crippen LogP) is 1.94. The predicted molar refractivity (Wildman–Crippen MR) is 63.8 cm³/mol. The summed E-state index contributed by atoms with van der Waals surface area (Å²) in [5.74, 6) is 0. The number of piperidine rings is 1. The summed E-state index contributed by atoms with van der Waals surface area (Å²) in [5.41, 5.74) is 1.58. The van der Waals surface area contributed by atoms with Crippen LogP contribution in [0.1, 0.15) is 24.1 Å². The average molecular weight is 237 g/mol. The summed E-state index contributed by atoms with van der Waals surface area (Å²) in [7, 11) is 1.76. The summed E-state index contributed by atoms with van der Waals surface area (Å²) in [6.45, 7) is 3.80. The van der Waals surface area contributed by atoms with Gasteiger partial charge in [-0.3, -0.25) is 0 Å². The van der Waals surface area contributed by atoms with Gasteiger partial charge in [-0.1, -0.05) is 0 Å². The van der Waals surface area contributed by atoms with Crippen molar-refractivity contribution in [2.24, 2.45) is 0 Å². The lowest BCUT2D eigenvalue weighted by Crippen LogP contribution is -2.36. The van der Waals surface area contributed by atoms with E-state index in [1.807, 2.05) is 6.92 Å². The molecule has 0 bridgehead atoms. The Morgan fingerprint density at radius 2 is 2.19 bits per heavy atom. The maximum absolute atomic E-state index is 9.08. The fourth-order valence-corrected chi connectivity index (χ4v) is 2.89. The fraction of sp³-hybridized carbons (Fsp3) is 0.636. The summed E-state index contributed by atoms with van der Waals surface area (Å²) in [6.07, 6.45) is 2.42. The summed E-state index contributed by atoms with van der Waals surface area (Å²) in [6, 6.07) is 2.24. The first-order valence-corrected chi connectivity index (χ1v) is 6.17. The summed E-state index contributed by atoms with van der Waals surface area (Å²) in [4.78, 5) is 2.25. The number of nitriles is 1. The van der Waals surface area contributed by atoms with Crippen molar-refractivity contribution in [2.45, 2.75) is 25.9 Å². The topological polar surface area (TPSA) is 49.1 Å². The molecule has 1 aromatic rings. The number of hydrogen-bond donors (Lipinski definition) is 0. The van der Waals surface area contributed by atoms with Crippen LogP contribution in [0.15, 0.2) is 0 Å². The quantitative estimate of drug-likeness (QED) is 0.788. The van der Waals surface area contributed by atoms with Crippen molar-refractivity contribution < 1.29 is 4.74 Å². The van der Waals surface area contributed by atoms with Crippen LogP contribution in [0.25, 0.3) is 0 Å². The van der Waals surface area contributed by atoms with Crippen molar-refractivity contribution in [2.75, 3.05) is 25.1 Å². The van der Waals surface area contributed by atoms with Gasteiger partial charge in [0.2, 0.25) is 0 Å². The number of anilines is 1. The Bertz CT molecular complexity index is 402. The molecule has 0 spiro atoms. The summed E-state index contributed by atoms with van der Waals surface area (Å²) >= 11 is 1.43. The van der Waals surface area contributed by atoms with Gasteiger partial charge in [0.25, 0.3) is 0 Å². The Morgan fingerprint density at radius 3 is 2.75 bits per heavy atom. The Morgan fingerprint density at radius 1 is 1.50 bits per heavy atom. The number of rotatable bonds is 2. The van der Waals surface area contributed by atoms with Crippen LogP contribution in [0.2, 0.25) is 0 Å². The van der Waals surface area contributed by atoms with E-state index in [1.165, 1.54) is 11.5 Å². The van der Waals surface area contributed by atoms with E-state index >= 15 is 0 Å². The standard InChI is InChI=1S/C11H15N3OS/c1-8-10(7-12)11(16-13-8)14-5-3-9(15-2)4-6-14/h9H,3-6H2,1-2H3. The Balaban J connectivity index is 2.12. The normalized spacial score (nSPS) is 17.4. The smallest absolute Gasteiger partial charge is 0.130 e. The molecule has 5 heteroatoms. The molecule has 2 rings (SSSR count). The van der Waals surface area contributed by atoms with Gasteiger partial charge < -0.3 is 9.64 Å². The molecular formula is C11H15N3OS. The molecule has 16 heavy (non-hydrogen) atoms. The average Bonchev–Trinajstić information content (AvgIpc) is 2.70. The molecule has 0 atom stereocenters. The highest BCUT2D eigenvalue weighted by Crippen LogP contribution is 2.30. The monoisotopic (exact) mass is 237 g/mol. The summed E-state index contributed by atoms with van der Waals surface area (Å²) in [5, 5.41) is 10.1. The van der Waals surface area contributed by atoms with E-state index < -0.39 is 0 Å². The van der Waals surface area contributed by atoms with Crippen molar-refractivity contribution in [3.05, 3.63) is 11.3 Å². The Kier molecular flexibility index (Phi) is 3.42. The highest BCUT2D eigenvalue weighted by atomic mass is 32.1. The molecule has 0 radical (unpaired) electrons. The third kappa shape index (κ3) is 2.04. The van der Waals surface area contributed by atoms with Crippen LogP contribution in [0.4, 0.5) is 5.00 Å². The molecule has 0 amide bonds. The zero-order chi connectivity index (χ0) is 11.5. The largest absolute Gasteiger partial charge is 0.381 e. The van der Waals surface area contributed by atoms with Crippen LogP contribution >= 0.6 is 11.5 Å². The van der Waals surface area contributed by atoms with Crippen LogP contribution in [0.3, 0.4) is 0 Å². The van der Waals surface area contributed by atoms with Crippen LogP contribution in [-0.4, -0.2) is 30.7 Å². The third-order valence-electron chi connectivity index (χ3n) is 3.02. The molecule has 1 aromatic heterocycles. The van der Waals surface area contributed by atoms with Crippen molar-refractivity contribution >= 4 is 16.5 Å². The fourth-order valence-electron chi connectivity index (χ4n) is 2.00. The van der Waals surface area contributed by atoms with E-state index in [9.17, 15) is 0 Å². The second-order valence-corrected chi connectivity index (χ2v) is 4.73.